The van der Waals surface area contributed by atoms with Crippen molar-refractivity contribution >= 4 is 16.7 Å². The molecule has 0 saturated carbocycles. The van der Waals surface area contributed by atoms with Crippen LogP contribution in [0.2, 0.25) is 0 Å². The van der Waals surface area contributed by atoms with Gasteiger partial charge in [0.1, 0.15) is 11.4 Å². The van der Waals surface area contributed by atoms with Crippen LogP contribution in [0.25, 0.3) is 10.9 Å². The molecule has 0 unspecified atom stereocenters. The lowest BCUT2D eigenvalue weighted by Gasteiger charge is -2.07. The molecular weight excluding hydrogens is 498 g/mol. The molecule has 0 amide bonds. The van der Waals surface area contributed by atoms with Crippen LogP contribution >= 0.6 is 0 Å². The minimum atomic E-state index is -1.01. The van der Waals surface area contributed by atoms with Crippen molar-refractivity contribution in [3.8, 4) is 11.8 Å². The van der Waals surface area contributed by atoms with E-state index < -0.39 is 17.2 Å². The average molecular weight is 521 g/mol. The largest absolute Gasteiger partial charge is 0.294 e. The SMILES string of the molecule is O=C(CCC#Cc1ccc2nc(Cc3ccccc3)ncc2c1)c1cncn(Cc2ccc(F)c(F)c2)c1=O. The van der Waals surface area contributed by atoms with E-state index in [1.165, 1.54) is 23.2 Å². The van der Waals surface area contributed by atoms with Gasteiger partial charge >= 0.3 is 0 Å². The molecule has 192 valence electrons. The van der Waals surface area contributed by atoms with Gasteiger partial charge in [0.25, 0.3) is 5.56 Å². The highest BCUT2D eigenvalue weighted by molar-refractivity contribution is 5.95. The highest BCUT2D eigenvalue weighted by Gasteiger charge is 2.13. The van der Waals surface area contributed by atoms with Crippen LogP contribution in [-0.2, 0) is 13.0 Å². The molecular formula is C31H22F2N4O2. The molecule has 6 nitrogen and oxygen atoms in total. The van der Waals surface area contributed by atoms with Gasteiger partial charge in [-0.3, -0.25) is 14.2 Å². The summed E-state index contributed by atoms with van der Waals surface area (Å²) in [6.45, 7) is -0.0383. The second kappa shape index (κ2) is 11.6. The van der Waals surface area contributed by atoms with Crippen LogP contribution in [0.15, 0.2) is 90.2 Å². The highest BCUT2D eigenvalue weighted by Crippen LogP contribution is 2.15. The molecule has 5 rings (SSSR count). The summed E-state index contributed by atoms with van der Waals surface area (Å²) in [6, 6.07) is 19.1. The van der Waals surface area contributed by atoms with E-state index in [0.717, 1.165) is 40.0 Å². The Balaban J connectivity index is 1.22. The number of Topliss-reactive ketones (excluding diaryl/α,β-unsaturated/α-hetero) is 1. The summed E-state index contributed by atoms with van der Waals surface area (Å²) in [4.78, 5) is 38.5. The number of aromatic nitrogens is 4. The first-order valence-electron chi connectivity index (χ1n) is 12.3. The molecule has 0 aliphatic heterocycles. The van der Waals surface area contributed by atoms with Crippen LogP contribution in [0.1, 0.15) is 45.7 Å². The van der Waals surface area contributed by atoms with Crippen LogP contribution < -0.4 is 5.56 Å². The predicted octanol–water partition coefficient (Wildman–Crippen LogP) is 5.12. The van der Waals surface area contributed by atoms with Gasteiger partial charge in [0.2, 0.25) is 0 Å². The minimum Gasteiger partial charge on any atom is -0.294 e. The molecule has 8 heteroatoms. The molecule has 0 bridgehead atoms. The normalized spacial score (nSPS) is 10.7. The molecule has 39 heavy (non-hydrogen) atoms. The Morgan fingerprint density at radius 2 is 1.77 bits per heavy atom. The van der Waals surface area contributed by atoms with Gasteiger partial charge in [-0.15, -0.1) is 0 Å². The van der Waals surface area contributed by atoms with E-state index in [1.807, 2.05) is 48.5 Å². The van der Waals surface area contributed by atoms with Gasteiger partial charge in [-0.25, -0.2) is 23.7 Å². The summed E-state index contributed by atoms with van der Waals surface area (Å²) in [7, 11) is 0. The fourth-order valence-electron chi connectivity index (χ4n) is 4.08. The fraction of sp³-hybridized carbons (Fsp3) is 0.129. The molecule has 0 saturated heterocycles. The molecule has 0 aliphatic carbocycles. The van der Waals surface area contributed by atoms with E-state index in [1.54, 1.807) is 6.20 Å². The molecule has 0 atom stereocenters. The number of benzene rings is 3. The van der Waals surface area contributed by atoms with Crippen molar-refractivity contribution in [1.29, 1.82) is 0 Å². The Bertz CT molecular complexity index is 1790. The zero-order valence-electron chi connectivity index (χ0n) is 20.8. The maximum Gasteiger partial charge on any atom is 0.264 e. The van der Waals surface area contributed by atoms with Crippen molar-refractivity contribution in [3.05, 3.63) is 136 Å². The van der Waals surface area contributed by atoms with Crippen molar-refractivity contribution in [2.24, 2.45) is 0 Å². The van der Waals surface area contributed by atoms with Crippen LogP contribution in [0, 0.1) is 23.5 Å². The number of rotatable bonds is 7. The smallest absolute Gasteiger partial charge is 0.264 e. The minimum absolute atomic E-state index is 0.0383. The Morgan fingerprint density at radius 1 is 0.923 bits per heavy atom. The second-order valence-corrected chi connectivity index (χ2v) is 8.94. The van der Waals surface area contributed by atoms with E-state index in [-0.39, 0.29) is 30.7 Å². The molecule has 3 aromatic carbocycles. The molecule has 0 radical (unpaired) electrons. The van der Waals surface area contributed by atoms with Gasteiger partial charge < -0.3 is 0 Å². The molecule has 2 aromatic heterocycles. The molecule has 5 aromatic rings. The fourth-order valence-corrected chi connectivity index (χ4v) is 4.08. The quantitative estimate of drug-likeness (QED) is 0.220. The van der Waals surface area contributed by atoms with E-state index in [4.69, 9.17) is 0 Å². The average Bonchev–Trinajstić information content (AvgIpc) is 2.94. The monoisotopic (exact) mass is 520 g/mol. The Labute approximate surface area is 223 Å². The summed E-state index contributed by atoms with van der Waals surface area (Å²) in [5, 5.41) is 0.867. The third-order valence-corrected chi connectivity index (χ3v) is 6.08. The van der Waals surface area contributed by atoms with E-state index in [9.17, 15) is 18.4 Å². The molecule has 2 heterocycles. The lowest BCUT2D eigenvalue weighted by atomic mass is 10.1. The first-order chi connectivity index (χ1) is 19.0. The van der Waals surface area contributed by atoms with Gasteiger partial charge in [0.05, 0.1) is 18.4 Å². The second-order valence-electron chi connectivity index (χ2n) is 8.94. The van der Waals surface area contributed by atoms with E-state index in [2.05, 4.69) is 26.8 Å². The van der Waals surface area contributed by atoms with E-state index in [0.29, 0.717) is 12.0 Å². The van der Waals surface area contributed by atoms with Gasteiger partial charge in [-0.1, -0.05) is 48.2 Å². The van der Waals surface area contributed by atoms with Crippen LogP contribution in [-0.4, -0.2) is 25.3 Å². The Morgan fingerprint density at radius 3 is 2.59 bits per heavy atom. The van der Waals surface area contributed by atoms with Gasteiger partial charge in [0.15, 0.2) is 17.4 Å². The van der Waals surface area contributed by atoms with Crippen molar-refractivity contribution in [3.63, 3.8) is 0 Å². The predicted molar refractivity (Wildman–Crippen MR) is 143 cm³/mol. The van der Waals surface area contributed by atoms with Crippen molar-refractivity contribution < 1.29 is 13.6 Å². The number of carbonyl (C=O) groups is 1. The van der Waals surface area contributed by atoms with Crippen LogP contribution in [0.3, 0.4) is 0 Å². The summed E-state index contributed by atoms with van der Waals surface area (Å²) in [5.74, 6) is 4.39. The Hall–Kier alpha value is -5.03. The zero-order chi connectivity index (χ0) is 27.2. The first-order valence-corrected chi connectivity index (χ1v) is 12.3. The number of hydrogen-bond donors (Lipinski definition) is 0. The number of carbonyl (C=O) groups excluding carboxylic acids is 1. The topological polar surface area (TPSA) is 77.7 Å². The summed E-state index contributed by atoms with van der Waals surface area (Å²) < 4.78 is 27.9. The van der Waals surface area contributed by atoms with Gasteiger partial charge in [0, 0.05) is 42.6 Å². The third-order valence-electron chi connectivity index (χ3n) is 6.08. The van der Waals surface area contributed by atoms with Crippen LogP contribution in [0.4, 0.5) is 8.78 Å². The highest BCUT2D eigenvalue weighted by atomic mass is 19.2. The van der Waals surface area contributed by atoms with E-state index >= 15 is 0 Å². The number of nitrogens with zero attached hydrogens (tertiary/aromatic N) is 4. The number of halogens is 2. The lowest BCUT2D eigenvalue weighted by Crippen LogP contribution is -2.27. The summed E-state index contributed by atoms with van der Waals surface area (Å²) in [5.41, 5.74) is 2.49. The number of hydrogen-bond acceptors (Lipinski definition) is 5. The maximum absolute atomic E-state index is 13.5. The first kappa shape index (κ1) is 25.6. The summed E-state index contributed by atoms with van der Waals surface area (Å²) >= 11 is 0. The van der Waals surface area contributed by atoms with Crippen molar-refractivity contribution in [2.75, 3.05) is 0 Å². The Kier molecular flexibility index (Phi) is 7.60. The van der Waals surface area contributed by atoms with Crippen molar-refractivity contribution in [2.45, 2.75) is 25.8 Å². The third kappa shape index (κ3) is 6.28. The number of fused-ring (bicyclic) bond motifs is 1. The van der Waals surface area contributed by atoms with Gasteiger partial charge in [-0.2, -0.15) is 0 Å². The number of ketones is 1. The standard InChI is InChI=1S/C31H22F2N4O2/c32-26-12-10-23(15-27(26)33)19-37-20-34-18-25(31(37)39)29(38)9-5-4-8-22-11-13-28-24(14-22)17-35-30(36-28)16-21-6-2-1-3-7-21/h1-3,6-7,10-15,17-18,20H,5,9,16,19H2. The van der Waals surface area contributed by atoms with Gasteiger partial charge in [-0.05, 0) is 41.5 Å². The van der Waals surface area contributed by atoms with Crippen molar-refractivity contribution in [1.82, 2.24) is 19.5 Å². The molecule has 0 N–H and O–H groups in total. The summed E-state index contributed by atoms with van der Waals surface area (Å²) in [6.07, 6.45) is 5.20. The van der Waals surface area contributed by atoms with Crippen LogP contribution in [0.5, 0.6) is 0 Å². The molecule has 0 fully saturated rings. The lowest BCUT2D eigenvalue weighted by molar-refractivity contribution is 0.0982. The maximum atomic E-state index is 13.5. The molecule has 0 aliphatic rings. The molecule has 0 spiro atoms. The zero-order valence-corrected chi connectivity index (χ0v) is 20.8.